The molecule has 0 bridgehead atoms. The first kappa shape index (κ1) is 23.0. The van der Waals surface area contributed by atoms with Crippen LogP contribution in [0.15, 0.2) is 18.2 Å². The highest BCUT2D eigenvalue weighted by Gasteiger charge is 2.29. The van der Waals surface area contributed by atoms with Crippen LogP contribution in [0.1, 0.15) is 45.0 Å². The van der Waals surface area contributed by atoms with Gasteiger partial charge in [0.25, 0.3) is 5.91 Å². The van der Waals surface area contributed by atoms with Gasteiger partial charge in [-0.1, -0.05) is 30.1 Å². The maximum absolute atomic E-state index is 12.7. The van der Waals surface area contributed by atoms with Crippen molar-refractivity contribution in [3.63, 3.8) is 0 Å². The van der Waals surface area contributed by atoms with Gasteiger partial charge in [0.15, 0.2) is 0 Å². The van der Waals surface area contributed by atoms with Gasteiger partial charge in [0.1, 0.15) is 5.00 Å². The van der Waals surface area contributed by atoms with Crippen molar-refractivity contribution >= 4 is 63.8 Å². The minimum atomic E-state index is -0.405. The first-order valence-corrected chi connectivity index (χ1v) is 10.3. The molecule has 1 aliphatic heterocycles. The summed E-state index contributed by atoms with van der Waals surface area (Å²) >= 11 is 13.5. The molecule has 28 heavy (non-hydrogen) atoms. The standard InChI is InChI=1S/C19H20Cl2N2O3S.ClH/c1-3-23-8-7-13-15(10-23)27-18(16(13)19(25)26-4-2)22-17(24)12-6-5-11(20)9-14(12)21;/h5-6,9H,3-4,7-8,10H2,1-2H3,(H,22,24);1H. The van der Waals surface area contributed by atoms with Crippen molar-refractivity contribution in [3.8, 4) is 0 Å². The van der Waals surface area contributed by atoms with Crippen molar-refractivity contribution in [1.29, 1.82) is 0 Å². The Morgan fingerprint density at radius 3 is 2.68 bits per heavy atom. The molecular formula is C19H21Cl3N2O3S. The molecular weight excluding hydrogens is 443 g/mol. The van der Waals surface area contributed by atoms with E-state index in [1.165, 1.54) is 17.4 Å². The Hall–Kier alpha value is -1.31. The maximum Gasteiger partial charge on any atom is 0.341 e. The number of hydrogen-bond acceptors (Lipinski definition) is 5. The Labute approximate surface area is 184 Å². The SMILES string of the molecule is CCOC(=O)c1c(NC(=O)c2ccc(Cl)cc2Cl)sc2c1CCN(CC)C2.Cl. The number of nitrogens with zero attached hydrogens (tertiary/aromatic N) is 1. The van der Waals surface area contributed by atoms with Crippen molar-refractivity contribution in [3.05, 3.63) is 49.8 Å². The summed E-state index contributed by atoms with van der Waals surface area (Å²) in [6, 6.07) is 4.69. The minimum Gasteiger partial charge on any atom is -0.462 e. The predicted octanol–water partition coefficient (Wildman–Crippen LogP) is 5.28. The van der Waals surface area contributed by atoms with Crippen LogP contribution in [0.5, 0.6) is 0 Å². The van der Waals surface area contributed by atoms with E-state index in [0.29, 0.717) is 21.2 Å². The van der Waals surface area contributed by atoms with Crippen LogP contribution in [0.3, 0.4) is 0 Å². The lowest BCUT2D eigenvalue weighted by molar-refractivity contribution is 0.0526. The molecule has 1 aromatic carbocycles. The molecule has 2 aromatic rings. The Balaban J connectivity index is 0.00000280. The van der Waals surface area contributed by atoms with E-state index in [1.807, 2.05) is 0 Å². The lowest BCUT2D eigenvalue weighted by Gasteiger charge is -2.25. The smallest absolute Gasteiger partial charge is 0.341 e. The van der Waals surface area contributed by atoms with Gasteiger partial charge in [0.2, 0.25) is 0 Å². The number of thiophene rings is 1. The predicted molar refractivity (Wildman–Crippen MR) is 117 cm³/mol. The van der Waals surface area contributed by atoms with Crippen LogP contribution in [0.2, 0.25) is 10.0 Å². The van der Waals surface area contributed by atoms with Gasteiger partial charge in [0, 0.05) is 23.0 Å². The zero-order valence-corrected chi connectivity index (χ0v) is 18.7. The summed E-state index contributed by atoms with van der Waals surface area (Å²) in [5.74, 6) is -0.786. The number of benzene rings is 1. The molecule has 152 valence electrons. The highest BCUT2D eigenvalue weighted by Crippen LogP contribution is 2.38. The maximum atomic E-state index is 12.7. The van der Waals surface area contributed by atoms with E-state index in [-0.39, 0.29) is 29.9 Å². The molecule has 0 spiro atoms. The first-order chi connectivity index (χ1) is 12.9. The molecule has 0 saturated heterocycles. The third kappa shape index (κ3) is 4.81. The van der Waals surface area contributed by atoms with Crippen LogP contribution in [0.4, 0.5) is 5.00 Å². The summed E-state index contributed by atoms with van der Waals surface area (Å²) in [5, 5.41) is 4.07. The zero-order valence-electron chi connectivity index (χ0n) is 15.5. The molecule has 9 heteroatoms. The molecule has 1 aromatic heterocycles. The molecule has 0 fully saturated rings. The van der Waals surface area contributed by atoms with Gasteiger partial charge in [-0.2, -0.15) is 0 Å². The average molecular weight is 464 g/mol. The van der Waals surface area contributed by atoms with Crippen LogP contribution >= 0.6 is 46.9 Å². The monoisotopic (exact) mass is 462 g/mol. The Bertz CT molecular complexity index is 886. The zero-order chi connectivity index (χ0) is 19.6. The molecule has 1 N–H and O–H groups in total. The van der Waals surface area contributed by atoms with Crippen LogP contribution in [0, 0.1) is 0 Å². The van der Waals surface area contributed by atoms with E-state index in [0.717, 1.165) is 36.5 Å². The van der Waals surface area contributed by atoms with E-state index >= 15 is 0 Å². The molecule has 1 amide bonds. The number of ether oxygens (including phenoxy) is 1. The van der Waals surface area contributed by atoms with Crippen LogP contribution in [0.25, 0.3) is 0 Å². The fraction of sp³-hybridized carbons (Fsp3) is 0.368. The second-order valence-electron chi connectivity index (χ2n) is 6.13. The molecule has 0 aliphatic carbocycles. The number of halogens is 3. The number of esters is 1. The molecule has 0 saturated carbocycles. The largest absolute Gasteiger partial charge is 0.462 e. The van der Waals surface area contributed by atoms with Crippen LogP contribution in [-0.4, -0.2) is 36.5 Å². The van der Waals surface area contributed by atoms with Crippen molar-refractivity contribution < 1.29 is 14.3 Å². The Kier molecular flexibility index (Phi) is 8.16. The minimum absolute atomic E-state index is 0. The number of carbonyl (C=O) groups is 2. The molecule has 1 aliphatic rings. The van der Waals surface area contributed by atoms with Gasteiger partial charge in [-0.3, -0.25) is 9.69 Å². The lowest BCUT2D eigenvalue weighted by atomic mass is 10.0. The van der Waals surface area contributed by atoms with E-state index in [1.54, 1.807) is 19.1 Å². The number of fused-ring (bicyclic) bond motifs is 1. The number of amides is 1. The van der Waals surface area contributed by atoms with Crippen molar-refractivity contribution in [2.45, 2.75) is 26.8 Å². The first-order valence-electron chi connectivity index (χ1n) is 8.75. The van der Waals surface area contributed by atoms with E-state index in [4.69, 9.17) is 27.9 Å². The fourth-order valence-electron chi connectivity index (χ4n) is 3.08. The van der Waals surface area contributed by atoms with Gasteiger partial charge >= 0.3 is 5.97 Å². The highest BCUT2D eigenvalue weighted by molar-refractivity contribution is 7.17. The summed E-state index contributed by atoms with van der Waals surface area (Å²) in [4.78, 5) is 28.7. The van der Waals surface area contributed by atoms with Gasteiger partial charge in [0.05, 0.1) is 22.8 Å². The Morgan fingerprint density at radius 1 is 1.29 bits per heavy atom. The average Bonchev–Trinajstić information content (AvgIpc) is 2.98. The van der Waals surface area contributed by atoms with Gasteiger partial charge in [-0.05, 0) is 43.7 Å². The van der Waals surface area contributed by atoms with Crippen molar-refractivity contribution in [2.24, 2.45) is 0 Å². The summed E-state index contributed by atoms with van der Waals surface area (Å²) in [7, 11) is 0. The topological polar surface area (TPSA) is 58.6 Å². The number of rotatable bonds is 5. The summed E-state index contributed by atoms with van der Waals surface area (Å²) in [6.07, 6.45) is 0.755. The molecule has 0 radical (unpaired) electrons. The van der Waals surface area contributed by atoms with Crippen LogP contribution in [-0.2, 0) is 17.7 Å². The second-order valence-corrected chi connectivity index (χ2v) is 8.07. The molecule has 5 nitrogen and oxygen atoms in total. The van der Waals surface area contributed by atoms with Crippen molar-refractivity contribution in [2.75, 3.05) is 25.0 Å². The lowest BCUT2D eigenvalue weighted by Crippen LogP contribution is -2.30. The van der Waals surface area contributed by atoms with Gasteiger partial charge < -0.3 is 10.1 Å². The second kappa shape index (κ2) is 9.94. The fourth-order valence-corrected chi connectivity index (χ4v) is 4.85. The number of hydrogen-bond donors (Lipinski definition) is 1. The summed E-state index contributed by atoms with van der Waals surface area (Å²) in [5.41, 5.74) is 1.74. The normalized spacial score (nSPS) is 13.4. The van der Waals surface area contributed by atoms with E-state index in [9.17, 15) is 9.59 Å². The van der Waals surface area contributed by atoms with E-state index in [2.05, 4.69) is 17.1 Å². The number of anilines is 1. The van der Waals surface area contributed by atoms with Gasteiger partial charge in [-0.25, -0.2) is 4.79 Å². The van der Waals surface area contributed by atoms with Crippen molar-refractivity contribution in [1.82, 2.24) is 4.90 Å². The number of nitrogens with one attached hydrogen (secondary N) is 1. The highest BCUT2D eigenvalue weighted by atomic mass is 35.5. The summed E-state index contributed by atoms with van der Waals surface area (Å²) in [6.45, 7) is 6.73. The van der Waals surface area contributed by atoms with Gasteiger partial charge in [-0.15, -0.1) is 23.7 Å². The Morgan fingerprint density at radius 2 is 2.04 bits per heavy atom. The molecule has 2 heterocycles. The van der Waals surface area contributed by atoms with E-state index < -0.39 is 5.97 Å². The summed E-state index contributed by atoms with van der Waals surface area (Å²) < 4.78 is 5.23. The van der Waals surface area contributed by atoms with Crippen LogP contribution < -0.4 is 5.32 Å². The molecule has 3 rings (SSSR count). The third-order valence-electron chi connectivity index (χ3n) is 4.47. The number of carbonyl (C=O) groups excluding carboxylic acids is 2. The molecule has 0 unspecified atom stereocenters. The quantitative estimate of drug-likeness (QED) is 0.613. The molecule has 0 atom stereocenters. The number of likely N-dealkylation sites (N-methyl/N-ethyl adjacent to an activating group) is 1. The third-order valence-corrected chi connectivity index (χ3v) is 6.15.